The molecule has 0 saturated heterocycles. The first-order valence-corrected chi connectivity index (χ1v) is 9.40. The molecule has 0 aliphatic rings. The molecule has 0 heterocycles. The Labute approximate surface area is 137 Å². The average molecular weight is 309 g/mol. The van der Waals surface area contributed by atoms with E-state index in [1.54, 1.807) is 0 Å². The Bertz CT molecular complexity index is 383. The van der Waals surface area contributed by atoms with Gasteiger partial charge in [-0.15, -0.1) is 11.6 Å². The highest BCUT2D eigenvalue weighted by molar-refractivity contribution is 6.21. The third kappa shape index (κ3) is 5.66. The molecule has 0 bridgehead atoms. The fourth-order valence-electron chi connectivity index (χ4n) is 3.11. The van der Waals surface area contributed by atoms with Crippen LogP contribution in [0.1, 0.15) is 93.9 Å². The van der Waals surface area contributed by atoms with Crippen LogP contribution in [0, 0.1) is 0 Å². The number of aryl methyl sites for hydroxylation is 3. The van der Waals surface area contributed by atoms with Crippen LogP contribution in [0.4, 0.5) is 0 Å². The summed E-state index contributed by atoms with van der Waals surface area (Å²) in [6.07, 6.45) is 11.0. The Morgan fingerprint density at radius 2 is 1.38 bits per heavy atom. The fraction of sp³-hybridized carbons (Fsp3) is 0.700. The van der Waals surface area contributed by atoms with Gasteiger partial charge in [0.15, 0.2) is 0 Å². The van der Waals surface area contributed by atoms with Crippen LogP contribution in [-0.4, -0.2) is 0 Å². The van der Waals surface area contributed by atoms with Crippen LogP contribution < -0.4 is 0 Å². The first-order chi connectivity index (χ1) is 10.2. The minimum Gasteiger partial charge on any atom is -0.118 e. The molecule has 0 spiro atoms. The van der Waals surface area contributed by atoms with Gasteiger partial charge in [0.05, 0.1) is 5.38 Å². The van der Waals surface area contributed by atoms with Gasteiger partial charge in [0.1, 0.15) is 0 Å². The van der Waals surface area contributed by atoms with E-state index in [2.05, 4.69) is 39.8 Å². The minimum absolute atomic E-state index is 0.197. The lowest BCUT2D eigenvalue weighted by Crippen LogP contribution is -2.04. The van der Waals surface area contributed by atoms with Crippen LogP contribution in [0.15, 0.2) is 12.1 Å². The zero-order chi connectivity index (χ0) is 15.7. The van der Waals surface area contributed by atoms with Crippen molar-refractivity contribution < 1.29 is 0 Å². The van der Waals surface area contributed by atoms with Crippen molar-refractivity contribution >= 4 is 11.6 Å². The molecule has 0 radical (unpaired) electrons. The van der Waals surface area contributed by atoms with E-state index in [1.807, 2.05) is 0 Å². The monoisotopic (exact) mass is 308 g/mol. The number of unbranched alkanes of at least 4 members (excludes halogenated alkanes) is 4. The van der Waals surface area contributed by atoms with Gasteiger partial charge >= 0.3 is 0 Å². The van der Waals surface area contributed by atoms with Gasteiger partial charge in [0.25, 0.3) is 0 Å². The molecule has 1 aromatic carbocycles. The third-order valence-corrected chi connectivity index (χ3v) is 4.89. The van der Waals surface area contributed by atoms with Crippen molar-refractivity contribution in [1.82, 2.24) is 0 Å². The number of halogens is 1. The molecule has 0 aliphatic heterocycles. The second-order valence-corrected chi connectivity index (χ2v) is 6.59. The van der Waals surface area contributed by atoms with E-state index in [0.717, 1.165) is 25.7 Å². The first kappa shape index (κ1) is 18.6. The van der Waals surface area contributed by atoms with Crippen molar-refractivity contribution in [2.75, 3.05) is 0 Å². The Balaban J connectivity index is 2.79. The number of rotatable bonds is 10. The van der Waals surface area contributed by atoms with Crippen LogP contribution in [0.2, 0.25) is 0 Å². The van der Waals surface area contributed by atoms with Crippen molar-refractivity contribution in [2.24, 2.45) is 0 Å². The van der Waals surface area contributed by atoms with Gasteiger partial charge in [-0.25, -0.2) is 0 Å². The van der Waals surface area contributed by atoms with E-state index in [4.69, 9.17) is 11.6 Å². The molecule has 1 aromatic rings. The number of hydrogen-bond acceptors (Lipinski definition) is 0. The maximum Gasteiger partial charge on any atom is 0.0590 e. The normalized spacial score (nSPS) is 12.6. The summed E-state index contributed by atoms with van der Waals surface area (Å²) in [5.74, 6) is 0. The van der Waals surface area contributed by atoms with E-state index in [1.165, 1.54) is 54.4 Å². The number of benzene rings is 1. The van der Waals surface area contributed by atoms with Gasteiger partial charge in [-0.3, -0.25) is 0 Å². The predicted octanol–water partition coefficient (Wildman–Crippen LogP) is 7.01. The van der Waals surface area contributed by atoms with Crippen molar-refractivity contribution in [3.63, 3.8) is 0 Å². The van der Waals surface area contributed by atoms with Gasteiger partial charge in [0.2, 0.25) is 0 Å². The fourth-order valence-corrected chi connectivity index (χ4v) is 3.55. The second-order valence-electron chi connectivity index (χ2n) is 6.06. The summed E-state index contributed by atoms with van der Waals surface area (Å²) in [5, 5.41) is 0.197. The van der Waals surface area contributed by atoms with Crippen molar-refractivity contribution in [3.05, 3.63) is 34.4 Å². The van der Waals surface area contributed by atoms with E-state index < -0.39 is 0 Å². The van der Waals surface area contributed by atoms with Gasteiger partial charge in [-0.1, -0.05) is 71.9 Å². The van der Waals surface area contributed by atoms with E-state index in [0.29, 0.717) is 0 Å². The predicted molar refractivity (Wildman–Crippen MR) is 96.5 cm³/mol. The highest BCUT2D eigenvalue weighted by Gasteiger charge is 2.16. The maximum absolute atomic E-state index is 6.78. The largest absolute Gasteiger partial charge is 0.118 e. The zero-order valence-corrected chi connectivity index (χ0v) is 15.2. The summed E-state index contributed by atoms with van der Waals surface area (Å²) in [5.41, 5.74) is 5.84. The SMILES string of the molecule is CCCCCCCC(Cl)c1c(CC)cc(CC)cc1CC. The van der Waals surface area contributed by atoms with Crippen LogP contribution in [0.3, 0.4) is 0 Å². The third-order valence-electron chi connectivity index (χ3n) is 4.46. The Morgan fingerprint density at radius 1 is 0.810 bits per heavy atom. The topological polar surface area (TPSA) is 0 Å². The molecule has 0 amide bonds. The van der Waals surface area contributed by atoms with Crippen molar-refractivity contribution in [3.8, 4) is 0 Å². The molecule has 1 atom stereocenters. The zero-order valence-electron chi connectivity index (χ0n) is 14.5. The number of hydrogen-bond donors (Lipinski definition) is 0. The summed E-state index contributed by atoms with van der Waals surface area (Å²) >= 11 is 6.78. The lowest BCUT2D eigenvalue weighted by molar-refractivity contribution is 0.599. The molecule has 1 heteroatoms. The van der Waals surface area contributed by atoms with Crippen molar-refractivity contribution in [2.45, 2.75) is 90.9 Å². The van der Waals surface area contributed by atoms with Crippen LogP contribution in [0.5, 0.6) is 0 Å². The average Bonchev–Trinajstić information content (AvgIpc) is 2.52. The Morgan fingerprint density at radius 3 is 1.86 bits per heavy atom. The summed E-state index contributed by atoms with van der Waals surface area (Å²) in [4.78, 5) is 0. The summed E-state index contributed by atoms with van der Waals surface area (Å²) in [7, 11) is 0. The van der Waals surface area contributed by atoms with Crippen LogP contribution in [0.25, 0.3) is 0 Å². The van der Waals surface area contributed by atoms with E-state index in [-0.39, 0.29) is 5.38 Å². The molecule has 21 heavy (non-hydrogen) atoms. The van der Waals surface area contributed by atoms with E-state index in [9.17, 15) is 0 Å². The molecule has 1 rings (SSSR count). The molecule has 0 aliphatic carbocycles. The molecular weight excluding hydrogens is 276 g/mol. The molecule has 1 unspecified atom stereocenters. The molecule has 0 N–H and O–H groups in total. The summed E-state index contributed by atoms with van der Waals surface area (Å²) in [6.45, 7) is 9.01. The molecular formula is C20H33Cl. The Hall–Kier alpha value is -0.490. The first-order valence-electron chi connectivity index (χ1n) is 8.96. The highest BCUT2D eigenvalue weighted by Crippen LogP contribution is 2.34. The van der Waals surface area contributed by atoms with Crippen LogP contribution >= 0.6 is 11.6 Å². The summed E-state index contributed by atoms with van der Waals surface area (Å²) < 4.78 is 0. The lowest BCUT2D eigenvalue weighted by atomic mass is 9.90. The van der Waals surface area contributed by atoms with Crippen LogP contribution in [-0.2, 0) is 19.3 Å². The van der Waals surface area contributed by atoms with Gasteiger partial charge in [-0.05, 0) is 47.9 Å². The Kier molecular flexibility index (Phi) is 9.08. The van der Waals surface area contributed by atoms with Gasteiger partial charge in [0, 0.05) is 0 Å². The molecule has 0 aromatic heterocycles. The second kappa shape index (κ2) is 10.3. The smallest absolute Gasteiger partial charge is 0.0590 e. The molecule has 0 nitrogen and oxygen atoms in total. The quantitative estimate of drug-likeness (QED) is 0.322. The van der Waals surface area contributed by atoms with Gasteiger partial charge in [-0.2, -0.15) is 0 Å². The molecule has 0 saturated carbocycles. The van der Waals surface area contributed by atoms with E-state index >= 15 is 0 Å². The minimum atomic E-state index is 0.197. The van der Waals surface area contributed by atoms with Gasteiger partial charge < -0.3 is 0 Å². The standard InChI is InChI=1S/C20H33Cl/c1-5-9-10-11-12-13-19(21)20-17(7-3)14-16(6-2)15-18(20)8-4/h14-15,19H,5-13H2,1-4H3. The maximum atomic E-state index is 6.78. The molecule has 0 fully saturated rings. The van der Waals surface area contributed by atoms with Crippen molar-refractivity contribution in [1.29, 1.82) is 0 Å². The molecule has 120 valence electrons. The number of alkyl halides is 1. The summed E-state index contributed by atoms with van der Waals surface area (Å²) in [6, 6.07) is 4.75. The lowest BCUT2D eigenvalue weighted by Gasteiger charge is -2.20. The highest BCUT2D eigenvalue weighted by atomic mass is 35.5.